The van der Waals surface area contributed by atoms with Crippen LogP contribution in [0.5, 0.6) is 0 Å². The molecule has 2 aromatic heterocycles. The quantitative estimate of drug-likeness (QED) is 0.550. The molecule has 29 heavy (non-hydrogen) atoms. The van der Waals surface area contributed by atoms with E-state index in [1.54, 1.807) is 18.5 Å². The predicted octanol–water partition coefficient (Wildman–Crippen LogP) is 1.88. The summed E-state index contributed by atoms with van der Waals surface area (Å²) in [6.45, 7) is 0. The number of sulfonamides is 1. The van der Waals surface area contributed by atoms with Gasteiger partial charge in [-0.05, 0) is 36.4 Å². The van der Waals surface area contributed by atoms with Crippen LogP contribution in [0.3, 0.4) is 0 Å². The Hall–Kier alpha value is -3.15. The number of aromatic nitrogens is 3. The highest BCUT2D eigenvalue weighted by molar-refractivity contribution is 7.89. The van der Waals surface area contributed by atoms with E-state index in [2.05, 4.69) is 20.4 Å². The SMILES string of the molecule is CON(C)S(=O)(=O)c1ccc(NC(=O)CCc2nc(-c3cccnc3)no2)cc1. The third-order valence-corrected chi connectivity index (χ3v) is 5.68. The topological polar surface area (TPSA) is 128 Å². The van der Waals surface area contributed by atoms with Crippen LogP contribution < -0.4 is 5.32 Å². The maximum Gasteiger partial charge on any atom is 0.264 e. The molecule has 152 valence electrons. The van der Waals surface area contributed by atoms with Crippen molar-refractivity contribution in [2.45, 2.75) is 17.7 Å². The van der Waals surface area contributed by atoms with Crippen LogP contribution in [0, 0.1) is 0 Å². The highest BCUT2D eigenvalue weighted by Crippen LogP contribution is 2.18. The smallest absolute Gasteiger partial charge is 0.264 e. The summed E-state index contributed by atoms with van der Waals surface area (Å²) in [4.78, 5) is 25.1. The highest BCUT2D eigenvalue weighted by atomic mass is 32.2. The molecule has 0 unspecified atom stereocenters. The monoisotopic (exact) mass is 417 g/mol. The Morgan fingerprint density at radius 1 is 1.24 bits per heavy atom. The van der Waals surface area contributed by atoms with Crippen molar-refractivity contribution in [3.05, 3.63) is 54.7 Å². The van der Waals surface area contributed by atoms with E-state index in [-0.39, 0.29) is 23.6 Å². The Kier molecular flexibility index (Phi) is 6.32. The molecule has 2 heterocycles. The van der Waals surface area contributed by atoms with Gasteiger partial charge in [-0.3, -0.25) is 14.6 Å². The first-order valence-corrected chi connectivity index (χ1v) is 10.00. The number of benzene rings is 1. The Bertz CT molecular complexity index is 1070. The van der Waals surface area contributed by atoms with Crippen molar-refractivity contribution < 1.29 is 22.6 Å². The molecule has 0 radical (unpaired) electrons. The van der Waals surface area contributed by atoms with E-state index in [0.717, 1.165) is 10.0 Å². The molecule has 0 atom stereocenters. The summed E-state index contributed by atoms with van der Waals surface area (Å²) in [6, 6.07) is 9.35. The van der Waals surface area contributed by atoms with Crippen molar-refractivity contribution in [3.8, 4) is 11.4 Å². The van der Waals surface area contributed by atoms with E-state index in [9.17, 15) is 13.2 Å². The van der Waals surface area contributed by atoms with Crippen LogP contribution in [0.2, 0.25) is 0 Å². The molecule has 0 saturated heterocycles. The second kappa shape index (κ2) is 8.90. The minimum atomic E-state index is -3.73. The van der Waals surface area contributed by atoms with Crippen LogP contribution in [0.1, 0.15) is 12.3 Å². The molecule has 0 fully saturated rings. The van der Waals surface area contributed by atoms with Crippen LogP contribution in [-0.4, -0.2) is 48.1 Å². The Labute approximate surface area is 167 Å². The van der Waals surface area contributed by atoms with Crippen LogP contribution >= 0.6 is 0 Å². The average molecular weight is 417 g/mol. The number of hydrogen-bond donors (Lipinski definition) is 1. The van der Waals surface area contributed by atoms with Crippen LogP contribution in [0.15, 0.2) is 58.2 Å². The average Bonchev–Trinajstić information content (AvgIpc) is 3.22. The highest BCUT2D eigenvalue weighted by Gasteiger charge is 2.20. The number of anilines is 1. The van der Waals surface area contributed by atoms with Gasteiger partial charge in [0.2, 0.25) is 17.6 Å². The van der Waals surface area contributed by atoms with E-state index in [1.807, 2.05) is 6.07 Å². The summed E-state index contributed by atoms with van der Waals surface area (Å²) < 4.78 is 30.2. The van der Waals surface area contributed by atoms with Crippen molar-refractivity contribution in [2.75, 3.05) is 19.5 Å². The molecular weight excluding hydrogens is 398 g/mol. The number of hydroxylamine groups is 1. The van der Waals surface area contributed by atoms with Gasteiger partial charge < -0.3 is 9.84 Å². The third-order valence-electron chi connectivity index (χ3n) is 3.99. The summed E-state index contributed by atoms with van der Waals surface area (Å²) in [6.07, 6.45) is 3.66. The number of carbonyl (C=O) groups is 1. The molecule has 3 rings (SSSR count). The Morgan fingerprint density at radius 3 is 2.66 bits per heavy atom. The Morgan fingerprint density at radius 2 is 2.00 bits per heavy atom. The number of aryl methyl sites for hydroxylation is 1. The predicted molar refractivity (Wildman–Crippen MR) is 103 cm³/mol. The number of pyridine rings is 1. The molecule has 0 aliphatic carbocycles. The van der Waals surface area contributed by atoms with Gasteiger partial charge in [-0.25, -0.2) is 8.42 Å². The lowest BCUT2D eigenvalue weighted by Gasteiger charge is -2.14. The molecule has 10 nitrogen and oxygen atoms in total. The fraction of sp³-hybridized carbons (Fsp3) is 0.222. The molecule has 1 amide bonds. The number of hydrogen-bond acceptors (Lipinski definition) is 8. The van der Waals surface area contributed by atoms with Crippen molar-refractivity contribution >= 4 is 21.6 Å². The lowest BCUT2D eigenvalue weighted by molar-refractivity contribution is -0.116. The summed E-state index contributed by atoms with van der Waals surface area (Å²) in [7, 11) is -1.18. The number of carbonyl (C=O) groups excluding carboxylic acids is 1. The second-order valence-electron chi connectivity index (χ2n) is 5.92. The first-order chi connectivity index (χ1) is 13.9. The minimum Gasteiger partial charge on any atom is -0.339 e. The summed E-state index contributed by atoms with van der Waals surface area (Å²) in [5.41, 5.74) is 1.19. The Balaban J connectivity index is 1.56. The van der Waals surface area contributed by atoms with Gasteiger partial charge in [0.15, 0.2) is 0 Å². The van der Waals surface area contributed by atoms with Crippen molar-refractivity contribution in [2.24, 2.45) is 0 Å². The lowest BCUT2D eigenvalue weighted by atomic mass is 10.2. The first kappa shape index (κ1) is 20.6. The van der Waals surface area contributed by atoms with Crippen molar-refractivity contribution in [1.29, 1.82) is 0 Å². The van der Waals surface area contributed by atoms with E-state index in [0.29, 0.717) is 17.4 Å². The molecule has 3 aromatic rings. The number of amides is 1. The second-order valence-corrected chi connectivity index (χ2v) is 7.86. The zero-order chi connectivity index (χ0) is 20.9. The number of nitrogens with zero attached hydrogens (tertiary/aromatic N) is 4. The van der Waals surface area contributed by atoms with Gasteiger partial charge in [0.1, 0.15) is 0 Å². The minimum absolute atomic E-state index is 0.0497. The molecular formula is C18H19N5O5S. The summed E-state index contributed by atoms with van der Waals surface area (Å²) in [5.74, 6) is 0.477. The number of nitrogens with one attached hydrogen (secondary N) is 1. The largest absolute Gasteiger partial charge is 0.339 e. The zero-order valence-electron chi connectivity index (χ0n) is 15.8. The van der Waals surface area contributed by atoms with Gasteiger partial charge in [0, 0.05) is 43.5 Å². The van der Waals surface area contributed by atoms with Crippen molar-refractivity contribution in [1.82, 2.24) is 19.6 Å². The number of rotatable bonds is 8. The van der Waals surface area contributed by atoms with Gasteiger partial charge >= 0.3 is 0 Å². The van der Waals surface area contributed by atoms with E-state index >= 15 is 0 Å². The maximum atomic E-state index is 12.1. The first-order valence-electron chi connectivity index (χ1n) is 8.56. The molecule has 0 spiro atoms. The van der Waals surface area contributed by atoms with E-state index in [1.165, 1.54) is 38.4 Å². The summed E-state index contributed by atoms with van der Waals surface area (Å²) >= 11 is 0. The van der Waals surface area contributed by atoms with Crippen LogP contribution in [0.4, 0.5) is 5.69 Å². The van der Waals surface area contributed by atoms with Gasteiger partial charge in [0.05, 0.1) is 12.0 Å². The molecule has 1 aromatic carbocycles. The van der Waals surface area contributed by atoms with E-state index < -0.39 is 10.0 Å². The fourth-order valence-electron chi connectivity index (χ4n) is 2.37. The third kappa shape index (κ3) is 5.02. The van der Waals surface area contributed by atoms with Gasteiger partial charge in [-0.15, -0.1) is 0 Å². The van der Waals surface area contributed by atoms with E-state index in [4.69, 9.17) is 9.36 Å². The molecule has 0 aliphatic rings. The molecule has 1 N–H and O–H groups in total. The fourth-order valence-corrected chi connectivity index (χ4v) is 3.34. The molecule has 11 heteroatoms. The maximum absolute atomic E-state index is 12.1. The summed E-state index contributed by atoms with van der Waals surface area (Å²) in [5, 5.41) is 6.57. The van der Waals surface area contributed by atoms with Crippen LogP contribution in [0.25, 0.3) is 11.4 Å². The standard InChI is InChI=1S/C18H19N5O5S/c1-23(27-2)29(25,26)15-7-5-14(6-8-15)20-16(24)9-10-17-21-18(22-28-17)13-4-3-11-19-12-13/h3-8,11-12H,9-10H2,1-2H3,(H,20,24). The van der Waals surface area contributed by atoms with Gasteiger partial charge in [0.25, 0.3) is 10.0 Å². The zero-order valence-corrected chi connectivity index (χ0v) is 16.6. The van der Waals surface area contributed by atoms with Gasteiger partial charge in [-0.1, -0.05) is 9.63 Å². The molecule has 0 aliphatic heterocycles. The molecule has 0 saturated carbocycles. The van der Waals surface area contributed by atoms with Crippen LogP contribution in [-0.2, 0) is 26.1 Å². The molecule has 0 bridgehead atoms. The van der Waals surface area contributed by atoms with Gasteiger partial charge in [-0.2, -0.15) is 4.98 Å². The normalized spacial score (nSPS) is 11.6. The van der Waals surface area contributed by atoms with Crippen molar-refractivity contribution in [3.63, 3.8) is 0 Å². The lowest BCUT2D eigenvalue weighted by Crippen LogP contribution is -2.25.